The van der Waals surface area contributed by atoms with Crippen molar-refractivity contribution in [3.8, 4) is 0 Å². The lowest BCUT2D eigenvalue weighted by Crippen LogP contribution is -2.57. The first-order chi connectivity index (χ1) is 13.7. The summed E-state index contributed by atoms with van der Waals surface area (Å²) >= 11 is 0. The summed E-state index contributed by atoms with van der Waals surface area (Å²) in [5, 5.41) is 7.80. The zero-order chi connectivity index (χ0) is 21.2. The minimum Gasteiger partial charge on any atom is -0.353 e. The van der Waals surface area contributed by atoms with Crippen LogP contribution in [0.25, 0.3) is 0 Å². The van der Waals surface area contributed by atoms with Crippen LogP contribution in [0.15, 0.2) is 24.3 Å². The van der Waals surface area contributed by atoms with Gasteiger partial charge in [-0.15, -0.1) is 0 Å². The number of carbonyl (C=O) groups is 3. The first kappa shape index (κ1) is 21.2. The van der Waals surface area contributed by atoms with Gasteiger partial charge in [-0.05, 0) is 37.2 Å². The summed E-state index contributed by atoms with van der Waals surface area (Å²) in [4.78, 5) is 36.7. The van der Waals surface area contributed by atoms with Crippen LogP contribution in [-0.2, 0) is 21.9 Å². The zero-order valence-corrected chi connectivity index (χ0v) is 16.7. The van der Waals surface area contributed by atoms with E-state index in [9.17, 15) is 23.2 Å². The molecule has 1 heterocycles. The second-order valence-electron chi connectivity index (χ2n) is 8.15. The van der Waals surface area contributed by atoms with Gasteiger partial charge in [0.1, 0.15) is 5.54 Å². The standard InChI is InChI=1S/C21H27F2N3O3/c1-3-4-14(11-13-5-7-15(8-6-13)20(2,22)23)17(27)24-12-21(16-9-10-16)18(28)25-19(29)26-21/h5-8,14,16H,3-4,9-12H2,1-2H3,(H,24,27)(H2,25,26,28,29)/t14-,21+/m1/s1. The summed E-state index contributed by atoms with van der Waals surface area (Å²) in [6.07, 6.45) is 3.50. The Morgan fingerprint density at radius 3 is 2.41 bits per heavy atom. The molecule has 1 aliphatic heterocycles. The number of hydrogen-bond donors (Lipinski definition) is 3. The molecule has 4 amide bonds. The Labute approximate surface area is 168 Å². The van der Waals surface area contributed by atoms with Gasteiger partial charge < -0.3 is 10.6 Å². The van der Waals surface area contributed by atoms with Crippen molar-refractivity contribution < 1.29 is 23.2 Å². The van der Waals surface area contributed by atoms with E-state index in [0.717, 1.165) is 31.7 Å². The van der Waals surface area contributed by atoms with Gasteiger partial charge in [0.05, 0.1) is 6.54 Å². The molecule has 1 aromatic rings. The fourth-order valence-electron chi connectivity index (χ4n) is 3.90. The van der Waals surface area contributed by atoms with Gasteiger partial charge in [-0.2, -0.15) is 0 Å². The molecule has 1 aliphatic carbocycles. The smallest absolute Gasteiger partial charge is 0.322 e. The Kier molecular flexibility index (Phi) is 5.91. The van der Waals surface area contributed by atoms with Crippen LogP contribution in [0.5, 0.6) is 0 Å². The quantitative estimate of drug-likeness (QED) is 0.550. The van der Waals surface area contributed by atoms with Gasteiger partial charge in [-0.3, -0.25) is 14.9 Å². The van der Waals surface area contributed by atoms with E-state index in [1.165, 1.54) is 12.1 Å². The highest BCUT2D eigenvalue weighted by Crippen LogP contribution is 2.41. The molecule has 0 aromatic heterocycles. The first-order valence-corrected chi connectivity index (χ1v) is 10.0. The van der Waals surface area contributed by atoms with Crippen LogP contribution >= 0.6 is 0 Å². The normalized spacial score (nSPS) is 22.8. The zero-order valence-electron chi connectivity index (χ0n) is 16.7. The number of urea groups is 1. The molecule has 2 fully saturated rings. The van der Waals surface area contributed by atoms with Crippen molar-refractivity contribution in [2.45, 2.75) is 57.4 Å². The minimum absolute atomic E-state index is 0.0298. The first-order valence-electron chi connectivity index (χ1n) is 10.0. The van der Waals surface area contributed by atoms with Crippen molar-refractivity contribution in [2.24, 2.45) is 11.8 Å². The number of carbonyl (C=O) groups excluding carboxylic acids is 3. The van der Waals surface area contributed by atoms with E-state index in [4.69, 9.17) is 0 Å². The molecule has 0 radical (unpaired) electrons. The van der Waals surface area contributed by atoms with E-state index in [-0.39, 0.29) is 29.9 Å². The van der Waals surface area contributed by atoms with Gasteiger partial charge in [-0.1, -0.05) is 37.6 Å². The monoisotopic (exact) mass is 407 g/mol. The van der Waals surface area contributed by atoms with Gasteiger partial charge in [0.2, 0.25) is 5.91 Å². The van der Waals surface area contributed by atoms with Crippen molar-refractivity contribution in [3.63, 3.8) is 0 Å². The average Bonchev–Trinajstić information content (AvgIpc) is 3.45. The van der Waals surface area contributed by atoms with Crippen LogP contribution in [0.3, 0.4) is 0 Å². The summed E-state index contributed by atoms with van der Waals surface area (Å²) in [5.74, 6) is -3.81. The van der Waals surface area contributed by atoms with E-state index in [0.29, 0.717) is 12.8 Å². The molecule has 2 atom stereocenters. The molecule has 1 aromatic carbocycles. The molecule has 3 rings (SSSR count). The molecule has 1 saturated carbocycles. The third-order valence-electron chi connectivity index (χ3n) is 5.74. The molecule has 8 heteroatoms. The highest BCUT2D eigenvalue weighted by molar-refractivity contribution is 6.07. The van der Waals surface area contributed by atoms with Crippen LogP contribution < -0.4 is 16.0 Å². The molecule has 0 spiro atoms. The molecule has 0 bridgehead atoms. The van der Waals surface area contributed by atoms with Crippen molar-refractivity contribution in [1.82, 2.24) is 16.0 Å². The number of alkyl halides is 2. The summed E-state index contributed by atoms with van der Waals surface area (Å²) < 4.78 is 26.8. The van der Waals surface area contributed by atoms with E-state index in [1.54, 1.807) is 12.1 Å². The van der Waals surface area contributed by atoms with Gasteiger partial charge in [0.15, 0.2) is 0 Å². The van der Waals surface area contributed by atoms with Crippen LogP contribution in [0, 0.1) is 11.8 Å². The number of amides is 4. The van der Waals surface area contributed by atoms with Gasteiger partial charge >= 0.3 is 6.03 Å². The molecular formula is C21H27F2N3O3. The summed E-state index contributed by atoms with van der Waals surface area (Å²) in [7, 11) is 0. The molecule has 29 heavy (non-hydrogen) atoms. The number of benzene rings is 1. The van der Waals surface area contributed by atoms with Crippen molar-refractivity contribution in [1.29, 1.82) is 0 Å². The maximum absolute atomic E-state index is 13.4. The number of halogens is 2. The fourth-order valence-corrected chi connectivity index (χ4v) is 3.90. The maximum atomic E-state index is 13.4. The fraction of sp³-hybridized carbons (Fsp3) is 0.571. The topological polar surface area (TPSA) is 87.3 Å². The molecule has 1 saturated heterocycles. The van der Waals surface area contributed by atoms with Crippen LogP contribution in [0.4, 0.5) is 13.6 Å². The van der Waals surface area contributed by atoms with Crippen LogP contribution in [-0.4, -0.2) is 29.9 Å². The maximum Gasteiger partial charge on any atom is 0.322 e. The largest absolute Gasteiger partial charge is 0.353 e. The average molecular weight is 407 g/mol. The van der Waals surface area contributed by atoms with Gasteiger partial charge in [0.25, 0.3) is 11.8 Å². The predicted molar refractivity (Wildman–Crippen MR) is 103 cm³/mol. The van der Waals surface area contributed by atoms with E-state index < -0.39 is 23.4 Å². The van der Waals surface area contributed by atoms with E-state index >= 15 is 0 Å². The highest BCUT2D eigenvalue weighted by atomic mass is 19.3. The van der Waals surface area contributed by atoms with Gasteiger partial charge in [-0.25, -0.2) is 13.6 Å². The highest BCUT2D eigenvalue weighted by Gasteiger charge is 2.56. The third kappa shape index (κ3) is 4.74. The number of rotatable bonds is 9. The van der Waals surface area contributed by atoms with Crippen molar-refractivity contribution >= 4 is 17.8 Å². The Bertz CT molecular complexity index is 787. The summed E-state index contributed by atoms with van der Waals surface area (Å²) in [5.41, 5.74) is -0.333. The molecular weight excluding hydrogens is 380 g/mol. The second-order valence-corrected chi connectivity index (χ2v) is 8.15. The molecule has 6 nitrogen and oxygen atoms in total. The number of hydrogen-bond acceptors (Lipinski definition) is 3. The SMILES string of the molecule is CCC[C@H](Cc1ccc(C(C)(F)F)cc1)C(=O)NC[C@@]1(C2CC2)NC(=O)NC1=O. The Morgan fingerprint density at radius 2 is 1.93 bits per heavy atom. The number of imide groups is 1. The molecule has 0 unspecified atom stereocenters. The Balaban J connectivity index is 1.65. The summed E-state index contributed by atoms with van der Waals surface area (Å²) in [6.45, 7) is 2.87. The van der Waals surface area contributed by atoms with E-state index in [1.807, 2.05) is 6.92 Å². The van der Waals surface area contributed by atoms with Crippen molar-refractivity contribution in [2.75, 3.05) is 6.54 Å². The lowest BCUT2D eigenvalue weighted by Gasteiger charge is -2.27. The number of nitrogens with one attached hydrogen (secondary N) is 3. The van der Waals surface area contributed by atoms with Crippen molar-refractivity contribution in [3.05, 3.63) is 35.4 Å². The van der Waals surface area contributed by atoms with Gasteiger partial charge in [0, 0.05) is 18.4 Å². The molecule has 2 aliphatic rings. The van der Waals surface area contributed by atoms with E-state index in [2.05, 4.69) is 16.0 Å². The van der Waals surface area contributed by atoms with Crippen LogP contribution in [0.1, 0.15) is 50.7 Å². The Morgan fingerprint density at radius 1 is 1.28 bits per heavy atom. The molecule has 3 N–H and O–H groups in total. The third-order valence-corrected chi connectivity index (χ3v) is 5.74. The summed E-state index contributed by atoms with van der Waals surface area (Å²) in [6, 6.07) is 5.49. The minimum atomic E-state index is -2.90. The Hall–Kier alpha value is -2.51. The lowest BCUT2D eigenvalue weighted by molar-refractivity contribution is -0.127. The van der Waals surface area contributed by atoms with Crippen LogP contribution in [0.2, 0.25) is 0 Å². The predicted octanol–water partition coefficient (Wildman–Crippen LogP) is 2.86. The second kappa shape index (κ2) is 8.08. The lowest BCUT2D eigenvalue weighted by atomic mass is 9.91. The molecule has 158 valence electrons.